The van der Waals surface area contributed by atoms with Crippen LogP contribution in [0.5, 0.6) is 0 Å². The standard InChI is InChI=1S/C13H20O/c14-12(8-9-4-1-2-5-9)13-10-6-3-7-11(10)13/h1-2,9-14H,3-8H2. The summed E-state index contributed by atoms with van der Waals surface area (Å²) in [6.45, 7) is 0. The Morgan fingerprint density at radius 1 is 1.14 bits per heavy atom. The molecular weight excluding hydrogens is 172 g/mol. The van der Waals surface area contributed by atoms with Gasteiger partial charge in [0.2, 0.25) is 0 Å². The maximum absolute atomic E-state index is 10.1. The van der Waals surface area contributed by atoms with Gasteiger partial charge in [-0.15, -0.1) is 0 Å². The van der Waals surface area contributed by atoms with Crippen LogP contribution in [0.3, 0.4) is 0 Å². The second-order valence-electron chi connectivity index (χ2n) is 5.45. The Morgan fingerprint density at radius 2 is 1.79 bits per heavy atom. The summed E-state index contributed by atoms with van der Waals surface area (Å²) in [4.78, 5) is 0. The summed E-state index contributed by atoms with van der Waals surface area (Å²) < 4.78 is 0. The molecule has 1 nitrogen and oxygen atoms in total. The van der Waals surface area contributed by atoms with Crippen LogP contribution in [-0.4, -0.2) is 11.2 Å². The topological polar surface area (TPSA) is 20.2 Å². The van der Waals surface area contributed by atoms with Crippen molar-refractivity contribution < 1.29 is 5.11 Å². The van der Waals surface area contributed by atoms with Crippen LogP contribution in [0.25, 0.3) is 0 Å². The van der Waals surface area contributed by atoms with Crippen molar-refractivity contribution >= 4 is 0 Å². The fourth-order valence-electron chi connectivity index (χ4n) is 3.81. The molecule has 2 fully saturated rings. The third-order valence-corrected chi connectivity index (χ3v) is 4.60. The molecule has 14 heavy (non-hydrogen) atoms. The molecule has 3 aliphatic rings. The summed E-state index contributed by atoms with van der Waals surface area (Å²) >= 11 is 0. The quantitative estimate of drug-likeness (QED) is 0.682. The molecule has 3 rings (SSSR count). The second kappa shape index (κ2) is 3.37. The van der Waals surface area contributed by atoms with E-state index >= 15 is 0 Å². The highest BCUT2D eigenvalue weighted by atomic mass is 16.3. The van der Waals surface area contributed by atoms with Crippen LogP contribution in [-0.2, 0) is 0 Å². The van der Waals surface area contributed by atoms with Gasteiger partial charge in [-0.05, 0) is 55.8 Å². The summed E-state index contributed by atoms with van der Waals surface area (Å²) in [5, 5.41) is 10.1. The molecule has 0 heterocycles. The van der Waals surface area contributed by atoms with E-state index in [0.717, 1.165) is 24.2 Å². The fraction of sp³-hybridized carbons (Fsp3) is 0.846. The molecule has 0 aliphatic heterocycles. The molecule has 3 atom stereocenters. The number of aliphatic hydroxyl groups is 1. The highest BCUT2D eigenvalue weighted by Gasteiger charge is 2.55. The van der Waals surface area contributed by atoms with Crippen molar-refractivity contribution in [1.82, 2.24) is 0 Å². The van der Waals surface area contributed by atoms with Gasteiger partial charge in [0.15, 0.2) is 0 Å². The van der Waals surface area contributed by atoms with Gasteiger partial charge in [-0.2, -0.15) is 0 Å². The molecule has 3 unspecified atom stereocenters. The minimum atomic E-state index is 0.0233. The third kappa shape index (κ3) is 1.42. The zero-order valence-electron chi connectivity index (χ0n) is 8.73. The molecule has 0 radical (unpaired) electrons. The predicted octanol–water partition coefficient (Wildman–Crippen LogP) is 2.75. The molecule has 1 N–H and O–H groups in total. The van der Waals surface area contributed by atoms with Gasteiger partial charge in [0.25, 0.3) is 0 Å². The Labute approximate surface area is 86.2 Å². The first-order chi connectivity index (χ1) is 6.86. The molecule has 0 aromatic carbocycles. The van der Waals surface area contributed by atoms with E-state index < -0.39 is 0 Å². The van der Waals surface area contributed by atoms with Crippen LogP contribution in [0.4, 0.5) is 0 Å². The van der Waals surface area contributed by atoms with Crippen LogP contribution in [0.2, 0.25) is 0 Å². The molecule has 78 valence electrons. The molecule has 0 bridgehead atoms. The number of hydrogen-bond donors (Lipinski definition) is 1. The van der Waals surface area contributed by atoms with Crippen molar-refractivity contribution in [3.05, 3.63) is 12.2 Å². The number of hydrogen-bond acceptors (Lipinski definition) is 1. The normalized spacial score (nSPS) is 42.8. The van der Waals surface area contributed by atoms with E-state index in [-0.39, 0.29) is 6.10 Å². The number of allylic oxidation sites excluding steroid dienone is 2. The van der Waals surface area contributed by atoms with Gasteiger partial charge in [-0.1, -0.05) is 18.6 Å². The van der Waals surface area contributed by atoms with E-state index in [0.29, 0.717) is 5.92 Å². The average Bonchev–Trinajstić information content (AvgIpc) is 2.63. The van der Waals surface area contributed by atoms with Crippen LogP contribution in [0.15, 0.2) is 12.2 Å². The molecule has 0 aromatic rings. The van der Waals surface area contributed by atoms with Gasteiger partial charge in [-0.25, -0.2) is 0 Å². The highest BCUT2D eigenvalue weighted by molar-refractivity contribution is 5.05. The lowest BCUT2D eigenvalue weighted by Crippen LogP contribution is -2.17. The lowest BCUT2D eigenvalue weighted by Gasteiger charge is -2.16. The lowest BCUT2D eigenvalue weighted by molar-refractivity contribution is 0.108. The van der Waals surface area contributed by atoms with Crippen LogP contribution < -0.4 is 0 Å². The molecular formula is C13H20O. The molecule has 0 aromatic heterocycles. The van der Waals surface area contributed by atoms with E-state index in [1.807, 2.05) is 0 Å². The predicted molar refractivity (Wildman–Crippen MR) is 56.8 cm³/mol. The van der Waals surface area contributed by atoms with Crippen molar-refractivity contribution in [3.63, 3.8) is 0 Å². The first-order valence-corrected chi connectivity index (χ1v) is 6.19. The van der Waals surface area contributed by atoms with Crippen molar-refractivity contribution in [2.45, 2.75) is 44.6 Å². The smallest absolute Gasteiger partial charge is 0.0576 e. The van der Waals surface area contributed by atoms with E-state index in [4.69, 9.17) is 0 Å². The minimum absolute atomic E-state index is 0.0233. The van der Waals surface area contributed by atoms with Gasteiger partial charge in [-0.3, -0.25) is 0 Å². The summed E-state index contributed by atoms with van der Waals surface area (Å²) in [5.74, 6) is 3.29. The van der Waals surface area contributed by atoms with E-state index in [9.17, 15) is 5.11 Å². The molecule has 0 spiro atoms. The van der Waals surface area contributed by atoms with Crippen molar-refractivity contribution in [2.24, 2.45) is 23.7 Å². The first kappa shape index (κ1) is 8.96. The maximum Gasteiger partial charge on any atom is 0.0576 e. The van der Waals surface area contributed by atoms with Crippen LogP contribution in [0.1, 0.15) is 38.5 Å². The second-order valence-corrected chi connectivity index (χ2v) is 5.45. The maximum atomic E-state index is 10.1. The van der Waals surface area contributed by atoms with Gasteiger partial charge in [0.1, 0.15) is 0 Å². The number of aliphatic hydroxyl groups excluding tert-OH is 1. The number of fused-ring (bicyclic) bond motifs is 1. The zero-order valence-corrected chi connectivity index (χ0v) is 8.73. The number of rotatable bonds is 3. The Bertz CT molecular complexity index is 228. The van der Waals surface area contributed by atoms with Crippen molar-refractivity contribution in [3.8, 4) is 0 Å². The van der Waals surface area contributed by atoms with E-state index in [1.165, 1.54) is 32.1 Å². The SMILES string of the molecule is OC(CC1CC=CC1)C1C2CCCC21. The van der Waals surface area contributed by atoms with E-state index in [1.54, 1.807) is 0 Å². The Kier molecular flexibility index (Phi) is 2.16. The third-order valence-electron chi connectivity index (χ3n) is 4.60. The summed E-state index contributed by atoms with van der Waals surface area (Å²) in [6, 6.07) is 0. The van der Waals surface area contributed by atoms with Crippen molar-refractivity contribution in [1.29, 1.82) is 0 Å². The van der Waals surface area contributed by atoms with Gasteiger partial charge < -0.3 is 5.11 Å². The molecule has 3 aliphatic carbocycles. The van der Waals surface area contributed by atoms with Gasteiger partial charge in [0.05, 0.1) is 6.10 Å². The summed E-state index contributed by atoms with van der Waals surface area (Å²) in [6.07, 6.45) is 12.3. The van der Waals surface area contributed by atoms with E-state index in [2.05, 4.69) is 12.2 Å². The summed E-state index contributed by atoms with van der Waals surface area (Å²) in [7, 11) is 0. The largest absolute Gasteiger partial charge is 0.393 e. The highest BCUT2D eigenvalue weighted by Crippen LogP contribution is 2.59. The first-order valence-electron chi connectivity index (χ1n) is 6.19. The molecule has 1 heteroatoms. The van der Waals surface area contributed by atoms with Gasteiger partial charge in [0, 0.05) is 0 Å². The van der Waals surface area contributed by atoms with Crippen molar-refractivity contribution in [2.75, 3.05) is 0 Å². The minimum Gasteiger partial charge on any atom is -0.393 e. The van der Waals surface area contributed by atoms with Crippen LogP contribution in [0, 0.1) is 23.7 Å². The Morgan fingerprint density at radius 3 is 2.43 bits per heavy atom. The Balaban J connectivity index is 1.49. The lowest BCUT2D eigenvalue weighted by atomic mass is 9.94. The van der Waals surface area contributed by atoms with Gasteiger partial charge >= 0.3 is 0 Å². The monoisotopic (exact) mass is 192 g/mol. The fourth-order valence-corrected chi connectivity index (χ4v) is 3.81. The molecule has 2 saturated carbocycles. The molecule has 0 saturated heterocycles. The Hall–Kier alpha value is -0.300. The average molecular weight is 192 g/mol. The molecule has 0 amide bonds. The summed E-state index contributed by atoms with van der Waals surface area (Å²) in [5.41, 5.74) is 0. The van der Waals surface area contributed by atoms with Crippen LogP contribution >= 0.6 is 0 Å². The zero-order chi connectivity index (χ0) is 9.54.